The molecule has 0 aliphatic carbocycles. The lowest BCUT2D eigenvalue weighted by Crippen LogP contribution is -2.23. The second-order valence-corrected chi connectivity index (χ2v) is 6.38. The first kappa shape index (κ1) is 18.0. The largest absolute Gasteiger partial charge is 0.349 e. The lowest BCUT2D eigenvalue weighted by Gasteiger charge is -2.09. The van der Waals surface area contributed by atoms with Crippen LogP contribution in [0.2, 0.25) is 0 Å². The fourth-order valence-electron chi connectivity index (χ4n) is 2.08. The van der Waals surface area contributed by atoms with Gasteiger partial charge in [-0.3, -0.25) is 14.9 Å². The molecule has 1 N–H and O–H groups in total. The molecule has 0 saturated heterocycles. The average molecular weight is 348 g/mol. The number of benzene rings is 1. The number of hydrogen-bond acceptors (Lipinski definition) is 6. The zero-order valence-electron chi connectivity index (χ0n) is 13.7. The van der Waals surface area contributed by atoms with E-state index in [0.717, 1.165) is 29.2 Å². The van der Waals surface area contributed by atoms with Crippen molar-refractivity contribution in [3.63, 3.8) is 0 Å². The standard InChI is InChI=1S/C16H20N4O3S/c1-19(2)15(21)7-4-8-17-10-13-11-24-16(18-13)12-5-3-6-14(9-12)20(22)23/h3,5-6,9,11,17H,4,7-8,10H2,1-2H3. The zero-order chi connectivity index (χ0) is 17.5. The quantitative estimate of drug-likeness (QED) is 0.450. The lowest BCUT2D eigenvalue weighted by molar-refractivity contribution is -0.384. The molecule has 0 fully saturated rings. The van der Waals surface area contributed by atoms with Crippen molar-refractivity contribution in [3.8, 4) is 10.6 Å². The molecule has 2 aromatic rings. The van der Waals surface area contributed by atoms with Crippen molar-refractivity contribution in [3.05, 3.63) is 45.5 Å². The van der Waals surface area contributed by atoms with E-state index in [1.54, 1.807) is 25.1 Å². The van der Waals surface area contributed by atoms with Gasteiger partial charge in [0.1, 0.15) is 5.01 Å². The number of carbonyl (C=O) groups is 1. The van der Waals surface area contributed by atoms with Gasteiger partial charge in [-0.1, -0.05) is 12.1 Å². The number of carbonyl (C=O) groups excluding carboxylic acids is 1. The Hall–Kier alpha value is -2.32. The van der Waals surface area contributed by atoms with Gasteiger partial charge in [0, 0.05) is 50.1 Å². The number of nitro groups is 1. The van der Waals surface area contributed by atoms with Gasteiger partial charge in [0.15, 0.2) is 0 Å². The van der Waals surface area contributed by atoms with E-state index in [0.29, 0.717) is 13.0 Å². The summed E-state index contributed by atoms with van der Waals surface area (Å²) >= 11 is 1.46. The van der Waals surface area contributed by atoms with Crippen molar-refractivity contribution in [2.75, 3.05) is 20.6 Å². The summed E-state index contributed by atoms with van der Waals surface area (Å²) in [5, 5.41) is 16.8. The summed E-state index contributed by atoms with van der Waals surface area (Å²) in [6.45, 7) is 1.35. The van der Waals surface area contributed by atoms with Crippen molar-refractivity contribution in [1.82, 2.24) is 15.2 Å². The SMILES string of the molecule is CN(C)C(=O)CCCNCc1csc(-c2cccc([N+](=O)[O-])c2)n1. The maximum Gasteiger partial charge on any atom is 0.270 e. The molecule has 1 heterocycles. The fraction of sp³-hybridized carbons (Fsp3) is 0.375. The minimum absolute atomic E-state index is 0.0629. The maximum atomic E-state index is 11.5. The highest BCUT2D eigenvalue weighted by Crippen LogP contribution is 2.26. The Balaban J connectivity index is 1.84. The molecular formula is C16H20N4O3S. The van der Waals surface area contributed by atoms with E-state index in [9.17, 15) is 14.9 Å². The van der Waals surface area contributed by atoms with Crippen LogP contribution in [0.25, 0.3) is 10.6 Å². The van der Waals surface area contributed by atoms with Crippen LogP contribution >= 0.6 is 11.3 Å². The summed E-state index contributed by atoms with van der Waals surface area (Å²) < 4.78 is 0. The number of nitrogens with one attached hydrogen (secondary N) is 1. The Bertz CT molecular complexity index is 715. The Morgan fingerprint density at radius 2 is 2.21 bits per heavy atom. The molecule has 0 aliphatic heterocycles. The van der Waals surface area contributed by atoms with E-state index in [-0.39, 0.29) is 11.6 Å². The van der Waals surface area contributed by atoms with Crippen LogP contribution in [0.15, 0.2) is 29.6 Å². The molecule has 0 spiro atoms. The second kappa shape index (κ2) is 8.51. The first-order valence-corrected chi connectivity index (χ1v) is 8.45. The van der Waals surface area contributed by atoms with Crippen molar-refractivity contribution < 1.29 is 9.72 Å². The number of nitrogens with zero attached hydrogens (tertiary/aromatic N) is 3. The van der Waals surface area contributed by atoms with Gasteiger partial charge in [-0.2, -0.15) is 0 Å². The molecule has 0 saturated carbocycles. The minimum Gasteiger partial charge on any atom is -0.349 e. The van der Waals surface area contributed by atoms with Crippen molar-refractivity contribution in [2.45, 2.75) is 19.4 Å². The van der Waals surface area contributed by atoms with Crippen LogP contribution in [0, 0.1) is 10.1 Å². The number of thiazole rings is 1. The van der Waals surface area contributed by atoms with E-state index in [1.165, 1.54) is 23.5 Å². The molecular weight excluding hydrogens is 328 g/mol. The first-order valence-electron chi connectivity index (χ1n) is 7.57. The minimum atomic E-state index is -0.408. The summed E-state index contributed by atoms with van der Waals surface area (Å²) in [5.74, 6) is 0.124. The van der Waals surface area contributed by atoms with Gasteiger partial charge in [-0.25, -0.2) is 4.98 Å². The van der Waals surface area contributed by atoms with Crippen LogP contribution in [0.3, 0.4) is 0 Å². The Morgan fingerprint density at radius 1 is 1.42 bits per heavy atom. The number of amides is 1. The van der Waals surface area contributed by atoms with E-state index in [1.807, 2.05) is 11.4 Å². The Morgan fingerprint density at radius 3 is 2.92 bits per heavy atom. The molecule has 1 aromatic heterocycles. The topological polar surface area (TPSA) is 88.4 Å². The molecule has 0 atom stereocenters. The highest BCUT2D eigenvalue weighted by molar-refractivity contribution is 7.13. The van der Waals surface area contributed by atoms with Crippen LogP contribution in [-0.2, 0) is 11.3 Å². The van der Waals surface area contributed by atoms with E-state index >= 15 is 0 Å². The van der Waals surface area contributed by atoms with Crippen molar-refractivity contribution >= 4 is 22.9 Å². The lowest BCUT2D eigenvalue weighted by atomic mass is 10.2. The second-order valence-electron chi connectivity index (χ2n) is 5.52. The van der Waals surface area contributed by atoms with E-state index in [4.69, 9.17) is 0 Å². The van der Waals surface area contributed by atoms with Gasteiger partial charge in [0.25, 0.3) is 5.69 Å². The number of non-ortho nitro benzene ring substituents is 1. The molecule has 128 valence electrons. The summed E-state index contributed by atoms with van der Waals surface area (Å²) in [4.78, 5) is 28.0. The fourth-order valence-corrected chi connectivity index (χ4v) is 2.89. The van der Waals surface area contributed by atoms with Gasteiger partial charge in [-0.15, -0.1) is 11.3 Å². The van der Waals surface area contributed by atoms with Gasteiger partial charge < -0.3 is 10.2 Å². The summed E-state index contributed by atoms with van der Waals surface area (Å²) in [6, 6.07) is 6.47. The Labute approximate surface area is 144 Å². The van der Waals surface area contributed by atoms with Crippen molar-refractivity contribution in [2.24, 2.45) is 0 Å². The first-order chi connectivity index (χ1) is 11.5. The molecule has 0 radical (unpaired) electrons. The molecule has 0 bridgehead atoms. The normalized spacial score (nSPS) is 10.6. The van der Waals surface area contributed by atoms with Gasteiger partial charge in [0.2, 0.25) is 5.91 Å². The third-order valence-corrected chi connectivity index (χ3v) is 4.34. The molecule has 1 amide bonds. The van der Waals surface area contributed by atoms with Crippen LogP contribution in [0.1, 0.15) is 18.5 Å². The van der Waals surface area contributed by atoms with Gasteiger partial charge in [-0.05, 0) is 13.0 Å². The third-order valence-electron chi connectivity index (χ3n) is 3.40. The van der Waals surface area contributed by atoms with Crippen LogP contribution in [-0.4, -0.2) is 41.4 Å². The molecule has 0 unspecified atom stereocenters. The molecule has 2 rings (SSSR count). The van der Waals surface area contributed by atoms with Gasteiger partial charge in [0.05, 0.1) is 10.6 Å². The monoisotopic (exact) mass is 348 g/mol. The van der Waals surface area contributed by atoms with Crippen LogP contribution < -0.4 is 5.32 Å². The molecule has 8 heteroatoms. The van der Waals surface area contributed by atoms with Crippen LogP contribution in [0.4, 0.5) is 5.69 Å². The molecule has 0 aliphatic rings. The summed E-state index contributed by atoms with van der Waals surface area (Å²) in [5.41, 5.74) is 1.70. The zero-order valence-corrected chi connectivity index (χ0v) is 14.5. The smallest absolute Gasteiger partial charge is 0.270 e. The predicted molar refractivity (Wildman–Crippen MR) is 93.8 cm³/mol. The predicted octanol–water partition coefficient (Wildman–Crippen LogP) is 2.68. The van der Waals surface area contributed by atoms with Gasteiger partial charge >= 0.3 is 0 Å². The van der Waals surface area contributed by atoms with E-state index in [2.05, 4.69) is 10.3 Å². The average Bonchev–Trinajstić information content (AvgIpc) is 3.03. The molecule has 1 aromatic carbocycles. The van der Waals surface area contributed by atoms with Crippen molar-refractivity contribution in [1.29, 1.82) is 0 Å². The Kier molecular flexibility index (Phi) is 6.39. The highest BCUT2D eigenvalue weighted by Gasteiger charge is 2.10. The number of rotatable bonds is 8. The number of hydrogen-bond donors (Lipinski definition) is 1. The highest BCUT2D eigenvalue weighted by atomic mass is 32.1. The third kappa shape index (κ3) is 5.10. The maximum absolute atomic E-state index is 11.5. The van der Waals surface area contributed by atoms with Crippen LogP contribution in [0.5, 0.6) is 0 Å². The summed E-state index contributed by atoms with van der Waals surface area (Å²) in [6.07, 6.45) is 1.30. The van der Waals surface area contributed by atoms with E-state index < -0.39 is 4.92 Å². The summed E-state index contributed by atoms with van der Waals surface area (Å²) in [7, 11) is 3.50. The molecule has 24 heavy (non-hydrogen) atoms. The number of aromatic nitrogens is 1. The number of nitro benzene ring substituents is 1. The molecule has 7 nitrogen and oxygen atoms in total.